The SMILES string of the molecule is CN=C(NCCNS(=O)(=O)c1ccc(C)cc1)NCc1ccc(C)cc1C. The van der Waals surface area contributed by atoms with Crippen LogP contribution >= 0.6 is 0 Å². The molecular formula is C20H28N4O2S. The van der Waals surface area contributed by atoms with E-state index >= 15 is 0 Å². The van der Waals surface area contributed by atoms with E-state index in [2.05, 4.69) is 52.4 Å². The maximum atomic E-state index is 12.2. The molecule has 0 aliphatic carbocycles. The lowest BCUT2D eigenvalue weighted by Gasteiger charge is -2.14. The molecule has 0 spiro atoms. The van der Waals surface area contributed by atoms with Crippen molar-refractivity contribution >= 4 is 16.0 Å². The van der Waals surface area contributed by atoms with Crippen LogP contribution in [-0.2, 0) is 16.6 Å². The normalized spacial score (nSPS) is 12.1. The standard InChI is InChI=1S/C20H28N4O2S/c1-15-6-9-19(10-7-15)27(25,26)24-12-11-22-20(21-4)23-14-18-8-5-16(2)13-17(18)3/h5-10,13,24H,11-12,14H2,1-4H3,(H2,21,22,23). The van der Waals surface area contributed by atoms with E-state index in [4.69, 9.17) is 0 Å². The largest absolute Gasteiger partial charge is 0.355 e. The van der Waals surface area contributed by atoms with Gasteiger partial charge >= 0.3 is 0 Å². The first-order valence-corrected chi connectivity index (χ1v) is 10.4. The molecule has 2 aromatic rings. The Bertz CT molecular complexity index is 891. The van der Waals surface area contributed by atoms with E-state index in [1.165, 1.54) is 16.7 Å². The number of sulfonamides is 1. The van der Waals surface area contributed by atoms with Gasteiger partial charge in [0, 0.05) is 26.7 Å². The molecule has 6 nitrogen and oxygen atoms in total. The molecule has 0 heterocycles. The lowest BCUT2D eigenvalue weighted by Crippen LogP contribution is -2.41. The summed E-state index contributed by atoms with van der Waals surface area (Å²) in [5.74, 6) is 0.629. The molecule has 27 heavy (non-hydrogen) atoms. The van der Waals surface area contributed by atoms with Crippen LogP contribution in [0.3, 0.4) is 0 Å². The number of nitrogens with one attached hydrogen (secondary N) is 3. The van der Waals surface area contributed by atoms with Crippen LogP contribution in [0.2, 0.25) is 0 Å². The van der Waals surface area contributed by atoms with E-state index < -0.39 is 10.0 Å². The number of guanidine groups is 1. The first-order chi connectivity index (χ1) is 12.8. The third-order valence-electron chi connectivity index (χ3n) is 4.21. The summed E-state index contributed by atoms with van der Waals surface area (Å²) < 4.78 is 27.1. The van der Waals surface area contributed by atoms with E-state index in [9.17, 15) is 8.42 Å². The maximum Gasteiger partial charge on any atom is 0.240 e. The molecule has 7 heteroatoms. The summed E-state index contributed by atoms with van der Waals surface area (Å²) in [7, 11) is -1.81. The second-order valence-corrected chi connectivity index (χ2v) is 8.26. The summed E-state index contributed by atoms with van der Waals surface area (Å²) in [6, 6.07) is 13.1. The lowest BCUT2D eigenvalue weighted by molar-refractivity contribution is 0.580. The van der Waals surface area contributed by atoms with Gasteiger partial charge in [-0.3, -0.25) is 4.99 Å². The summed E-state index contributed by atoms with van der Waals surface area (Å²) in [4.78, 5) is 4.44. The minimum absolute atomic E-state index is 0.264. The zero-order chi connectivity index (χ0) is 19.9. The molecule has 0 bridgehead atoms. The van der Waals surface area contributed by atoms with Crippen molar-refractivity contribution in [1.82, 2.24) is 15.4 Å². The molecule has 0 saturated heterocycles. The second kappa shape index (κ2) is 9.53. The fourth-order valence-corrected chi connectivity index (χ4v) is 3.64. The number of aliphatic imine (C=N–C) groups is 1. The average Bonchev–Trinajstić information content (AvgIpc) is 2.63. The van der Waals surface area contributed by atoms with Crippen LogP contribution < -0.4 is 15.4 Å². The van der Waals surface area contributed by atoms with Crippen molar-refractivity contribution in [3.63, 3.8) is 0 Å². The number of aryl methyl sites for hydroxylation is 3. The van der Waals surface area contributed by atoms with E-state index in [1.807, 2.05) is 6.92 Å². The van der Waals surface area contributed by atoms with Gasteiger partial charge in [0.2, 0.25) is 10.0 Å². The summed E-state index contributed by atoms with van der Waals surface area (Å²) in [6.45, 7) is 7.42. The molecule has 0 saturated carbocycles. The summed E-state index contributed by atoms with van der Waals surface area (Å²) in [6.07, 6.45) is 0. The Morgan fingerprint density at radius 2 is 1.59 bits per heavy atom. The predicted molar refractivity (Wildman–Crippen MR) is 110 cm³/mol. The number of rotatable bonds is 7. The topological polar surface area (TPSA) is 82.6 Å². The molecule has 0 radical (unpaired) electrons. The molecular weight excluding hydrogens is 360 g/mol. The van der Waals surface area contributed by atoms with Gasteiger partial charge in [-0.1, -0.05) is 41.5 Å². The molecule has 0 atom stereocenters. The maximum absolute atomic E-state index is 12.2. The molecule has 3 N–H and O–H groups in total. The van der Waals surface area contributed by atoms with Gasteiger partial charge in [0.05, 0.1) is 4.90 Å². The summed E-state index contributed by atoms with van der Waals surface area (Å²) >= 11 is 0. The van der Waals surface area contributed by atoms with E-state index in [-0.39, 0.29) is 11.4 Å². The molecule has 0 aliphatic heterocycles. The number of hydrogen-bond acceptors (Lipinski definition) is 3. The van der Waals surface area contributed by atoms with Crippen molar-refractivity contribution < 1.29 is 8.42 Å². The molecule has 0 amide bonds. The van der Waals surface area contributed by atoms with Crippen molar-refractivity contribution in [3.05, 3.63) is 64.7 Å². The molecule has 2 aromatic carbocycles. The van der Waals surface area contributed by atoms with Crippen LogP contribution in [0.1, 0.15) is 22.3 Å². The van der Waals surface area contributed by atoms with Crippen LogP contribution in [0.4, 0.5) is 0 Å². The second-order valence-electron chi connectivity index (χ2n) is 6.49. The van der Waals surface area contributed by atoms with Crippen molar-refractivity contribution in [1.29, 1.82) is 0 Å². The van der Waals surface area contributed by atoms with Crippen molar-refractivity contribution in [2.24, 2.45) is 4.99 Å². The van der Waals surface area contributed by atoms with E-state index in [0.29, 0.717) is 19.0 Å². The molecule has 0 aliphatic rings. The van der Waals surface area contributed by atoms with Crippen LogP contribution in [0.5, 0.6) is 0 Å². The Hall–Kier alpha value is -2.38. The highest BCUT2D eigenvalue weighted by Crippen LogP contribution is 2.10. The number of nitrogens with zero attached hydrogens (tertiary/aromatic N) is 1. The van der Waals surface area contributed by atoms with Gasteiger partial charge in [-0.2, -0.15) is 0 Å². The van der Waals surface area contributed by atoms with Crippen LogP contribution in [0.15, 0.2) is 52.4 Å². The van der Waals surface area contributed by atoms with Crippen LogP contribution in [0.25, 0.3) is 0 Å². The van der Waals surface area contributed by atoms with E-state index in [0.717, 1.165) is 5.56 Å². The molecule has 0 fully saturated rings. The lowest BCUT2D eigenvalue weighted by atomic mass is 10.1. The monoisotopic (exact) mass is 388 g/mol. The fourth-order valence-electron chi connectivity index (χ4n) is 2.61. The van der Waals surface area contributed by atoms with Crippen molar-refractivity contribution in [2.45, 2.75) is 32.2 Å². The highest BCUT2D eigenvalue weighted by atomic mass is 32.2. The van der Waals surface area contributed by atoms with Crippen molar-refractivity contribution in [2.75, 3.05) is 20.1 Å². The van der Waals surface area contributed by atoms with Crippen LogP contribution in [-0.4, -0.2) is 34.5 Å². The van der Waals surface area contributed by atoms with Crippen LogP contribution in [0, 0.1) is 20.8 Å². The number of benzene rings is 2. The number of hydrogen-bond donors (Lipinski definition) is 3. The van der Waals surface area contributed by atoms with Gasteiger partial charge in [0.25, 0.3) is 0 Å². The molecule has 2 rings (SSSR count). The van der Waals surface area contributed by atoms with Crippen molar-refractivity contribution in [3.8, 4) is 0 Å². The Kier molecular flexibility index (Phi) is 7.38. The Morgan fingerprint density at radius 1 is 0.926 bits per heavy atom. The van der Waals surface area contributed by atoms with Gasteiger partial charge in [-0.25, -0.2) is 13.1 Å². The van der Waals surface area contributed by atoms with Gasteiger partial charge < -0.3 is 10.6 Å². The highest BCUT2D eigenvalue weighted by Gasteiger charge is 2.12. The predicted octanol–water partition coefficient (Wildman–Crippen LogP) is 2.26. The fraction of sp³-hybridized carbons (Fsp3) is 0.350. The van der Waals surface area contributed by atoms with Gasteiger partial charge in [0.15, 0.2) is 5.96 Å². The zero-order valence-corrected chi connectivity index (χ0v) is 17.2. The Morgan fingerprint density at radius 3 is 2.22 bits per heavy atom. The third-order valence-corrected chi connectivity index (χ3v) is 5.69. The van der Waals surface area contributed by atoms with Gasteiger partial charge in [-0.05, 0) is 44.0 Å². The smallest absolute Gasteiger partial charge is 0.240 e. The average molecular weight is 389 g/mol. The third kappa shape index (κ3) is 6.37. The van der Waals surface area contributed by atoms with Gasteiger partial charge in [-0.15, -0.1) is 0 Å². The zero-order valence-electron chi connectivity index (χ0n) is 16.3. The summed E-state index contributed by atoms with van der Waals surface area (Å²) in [5, 5.41) is 6.36. The highest BCUT2D eigenvalue weighted by molar-refractivity contribution is 7.89. The molecule has 0 aromatic heterocycles. The van der Waals surface area contributed by atoms with E-state index in [1.54, 1.807) is 31.3 Å². The Labute approximate surface area is 162 Å². The molecule has 0 unspecified atom stereocenters. The first kappa shape index (κ1) is 20.9. The quantitative estimate of drug-likeness (QED) is 0.386. The molecule has 146 valence electrons. The Balaban J connectivity index is 1.80. The van der Waals surface area contributed by atoms with Gasteiger partial charge in [0.1, 0.15) is 0 Å². The minimum Gasteiger partial charge on any atom is -0.355 e. The minimum atomic E-state index is -3.50. The summed E-state index contributed by atoms with van der Waals surface area (Å²) in [5.41, 5.74) is 4.68. The first-order valence-electron chi connectivity index (χ1n) is 8.89.